The van der Waals surface area contributed by atoms with Gasteiger partial charge in [-0.05, 0) is 19.8 Å². The minimum atomic E-state index is -0.351. The van der Waals surface area contributed by atoms with Crippen LogP contribution in [-0.4, -0.2) is 24.3 Å². The molecule has 0 unspecified atom stereocenters. The van der Waals surface area contributed by atoms with Crippen LogP contribution in [0, 0.1) is 0 Å². The molecule has 0 heterocycles. The summed E-state index contributed by atoms with van der Waals surface area (Å²) >= 11 is 0. The van der Waals surface area contributed by atoms with Gasteiger partial charge in [-0.3, -0.25) is 0 Å². The fraction of sp³-hybridized carbons (Fsp3) is 0.500. The number of hydrogen-bond acceptors (Lipinski definition) is 3. The second-order valence-electron chi connectivity index (χ2n) is 2.51. The van der Waals surface area contributed by atoms with Crippen molar-refractivity contribution in [1.82, 2.24) is 0 Å². The summed E-state index contributed by atoms with van der Waals surface area (Å²) in [5.41, 5.74) is 0.476. The predicted octanol–water partition coefficient (Wildman–Crippen LogP) is 1.43. The fourth-order valence-corrected chi connectivity index (χ4v) is 0.781. The van der Waals surface area contributed by atoms with Gasteiger partial charge in [0.1, 0.15) is 0 Å². The summed E-state index contributed by atoms with van der Waals surface area (Å²) in [7, 11) is 0. The van der Waals surface area contributed by atoms with Crippen LogP contribution in [0.25, 0.3) is 0 Å². The van der Waals surface area contributed by atoms with Crippen molar-refractivity contribution in [2.24, 2.45) is 0 Å². The molecule has 0 radical (unpaired) electrons. The van der Waals surface area contributed by atoms with Gasteiger partial charge >= 0.3 is 5.97 Å². The molecular formula is C10H16O3. The molecule has 0 fully saturated rings. The summed E-state index contributed by atoms with van der Waals surface area (Å²) in [5.74, 6) is -0.351. The molecule has 0 atom stereocenters. The maximum Gasteiger partial charge on any atom is 0.337 e. The van der Waals surface area contributed by atoms with E-state index in [-0.39, 0.29) is 12.6 Å². The maximum atomic E-state index is 11.1. The number of rotatable bonds is 6. The van der Waals surface area contributed by atoms with Crippen LogP contribution in [0.15, 0.2) is 24.3 Å². The number of allylic oxidation sites excluding steroid dienone is 1. The molecule has 0 aromatic rings. The highest BCUT2D eigenvalue weighted by Gasteiger charge is 2.04. The Labute approximate surface area is 78.7 Å². The fourth-order valence-electron chi connectivity index (χ4n) is 0.781. The molecule has 0 rings (SSSR count). The van der Waals surface area contributed by atoms with E-state index >= 15 is 0 Å². The van der Waals surface area contributed by atoms with E-state index in [4.69, 9.17) is 9.84 Å². The van der Waals surface area contributed by atoms with Crippen LogP contribution in [0.3, 0.4) is 0 Å². The molecular weight excluding hydrogens is 168 g/mol. The maximum absolute atomic E-state index is 11.1. The first-order valence-electron chi connectivity index (χ1n) is 4.33. The van der Waals surface area contributed by atoms with Gasteiger partial charge in [0.15, 0.2) is 0 Å². The van der Waals surface area contributed by atoms with Crippen LogP contribution >= 0.6 is 0 Å². The van der Waals surface area contributed by atoms with Crippen LogP contribution in [0.4, 0.5) is 0 Å². The molecule has 3 heteroatoms. The Bertz CT molecular complexity index is 194. The number of carbonyl (C=O) groups excluding carboxylic acids is 1. The third-order valence-electron chi connectivity index (χ3n) is 1.55. The molecule has 0 aliphatic heterocycles. The summed E-state index contributed by atoms with van der Waals surface area (Å²) in [6, 6.07) is 0. The van der Waals surface area contributed by atoms with Gasteiger partial charge in [-0.15, -0.1) is 0 Å². The number of aliphatic hydroxyl groups excluding tert-OH is 1. The van der Waals surface area contributed by atoms with Gasteiger partial charge in [0.05, 0.1) is 12.2 Å². The number of carbonyl (C=O) groups is 1. The molecule has 13 heavy (non-hydrogen) atoms. The van der Waals surface area contributed by atoms with Crippen molar-refractivity contribution in [3.8, 4) is 0 Å². The zero-order valence-electron chi connectivity index (χ0n) is 7.95. The third-order valence-corrected chi connectivity index (χ3v) is 1.55. The van der Waals surface area contributed by atoms with Crippen LogP contribution in [-0.2, 0) is 9.53 Å². The number of hydrogen-bond donors (Lipinski definition) is 1. The van der Waals surface area contributed by atoms with Crippen molar-refractivity contribution in [3.05, 3.63) is 24.3 Å². The lowest BCUT2D eigenvalue weighted by atomic mass is 10.2. The van der Waals surface area contributed by atoms with E-state index in [0.29, 0.717) is 25.0 Å². The lowest BCUT2D eigenvalue weighted by molar-refractivity contribution is -0.138. The van der Waals surface area contributed by atoms with E-state index in [2.05, 4.69) is 6.58 Å². The van der Waals surface area contributed by atoms with Crippen molar-refractivity contribution >= 4 is 5.97 Å². The normalized spacial score (nSPS) is 11.1. The molecule has 0 aliphatic carbocycles. The topological polar surface area (TPSA) is 46.5 Å². The van der Waals surface area contributed by atoms with Gasteiger partial charge in [-0.2, -0.15) is 0 Å². The van der Waals surface area contributed by atoms with E-state index in [1.165, 1.54) is 6.08 Å². The van der Waals surface area contributed by atoms with Gasteiger partial charge in [0.2, 0.25) is 0 Å². The molecule has 74 valence electrons. The van der Waals surface area contributed by atoms with Crippen molar-refractivity contribution < 1.29 is 14.6 Å². The number of unbranched alkanes of at least 4 members (excludes halogenated alkanes) is 1. The standard InChI is InChI=1S/C10H16O3/c1-3-9(4-2)10(12)13-8-6-5-7-11/h3-4,11H,1,5-8H2,2H3/b9-4+. The Morgan fingerprint density at radius 3 is 2.69 bits per heavy atom. The molecule has 0 spiro atoms. The van der Waals surface area contributed by atoms with Gasteiger partial charge in [-0.25, -0.2) is 4.79 Å². The quantitative estimate of drug-likeness (QED) is 0.294. The molecule has 0 aromatic carbocycles. The molecule has 0 saturated carbocycles. The molecule has 0 bridgehead atoms. The average molecular weight is 184 g/mol. The minimum Gasteiger partial charge on any atom is -0.462 e. The highest BCUT2D eigenvalue weighted by atomic mass is 16.5. The largest absolute Gasteiger partial charge is 0.462 e. The predicted molar refractivity (Wildman–Crippen MR) is 51.2 cm³/mol. The second kappa shape index (κ2) is 7.55. The van der Waals surface area contributed by atoms with Crippen molar-refractivity contribution in [2.45, 2.75) is 19.8 Å². The first-order chi connectivity index (χ1) is 6.26. The highest BCUT2D eigenvalue weighted by Crippen LogP contribution is 2.00. The van der Waals surface area contributed by atoms with Crippen LogP contribution < -0.4 is 0 Å². The lowest BCUT2D eigenvalue weighted by Crippen LogP contribution is -2.07. The van der Waals surface area contributed by atoms with Gasteiger partial charge in [0.25, 0.3) is 0 Å². The smallest absolute Gasteiger partial charge is 0.337 e. The Kier molecular flexibility index (Phi) is 6.92. The Morgan fingerprint density at radius 2 is 2.23 bits per heavy atom. The second-order valence-corrected chi connectivity index (χ2v) is 2.51. The first kappa shape index (κ1) is 11.9. The number of ether oxygens (including phenoxy) is 1. The van der Waals surface area contributed by atoms with Gasteiger partial charge in [-0.1, -0.05) is 18.7 Å². The summed E-state index contributed by atoms with van der Waals surface area (Å²) in [6.07, 6.45) is 4.47. The van der Waals surface area contributed by atoms with Gasteiger partial charge < -0.3 is 9.84 Å². The average Bonchev–Trinajstić information content (AvgIpc) is 2.14. The number of aliphatic hydroxyl groups is 1. The van der Waals surface area contributed by atoms with Crippen molar-refractivity contribution in [1.29, 1.82) is 0 Å². The summed E-state index contributed by atoms with van der Waals surface area (Å²) < 4.78 is 4.90. The summed E-state index contributed by atoms with van der Waals surface area (Å²) in [4.78, 5) is 11.1. The molecule has 0 amide bonds. The zero-order valence-corrected chi connectivity index (χ0v) is 7.95. The van der Waals surface area contributed by atoms with E-state index in [9.17, 15) is 4.79 Å². The molecule has 0 aromatic heterocycles. The van der Waals surface area contributed by atoms with Crippen molar-refractivity contribution in [2.75, 3.05) is 13.2 Å². The van der Waals surface area contributed by atoms with Crippen LogP contribution in [0.1, 0.15) is 19.8 Å². The van der Waals surface area contributed by atoms with E-state index in [0.717, 1.165) is 0 Å². The zero-order chi connectivity index (χ0) is 10.1. The molecule has 0 saturated heterocycles. The summed E-state index contributed by atoms with van der Waals surface area (Å²) in [6.45, 7) is 5.73. The van der Waals surface area contributed by atoms with Crippen LogP contribution in [0.2, 0.25) is 0 Å². The molecule has 3 nitrogen and oxygen atoms in total. The Hall–Kier alpha value is -1.09. The van der Waals surface area contributed by atoms with E-state index in [1.807, 2.05) is 0 Å². The molecule has 0 aliphatic rings. The summed E-state index contributed by atoms with van der Waals surface area (Å²) in [5, 5.41) is 8.46. The monoisotopic (exact) mass is 184 g/mol. The van der Waals surface area contributed by atoms with E-state index < -0.39 is 0 Å². The Balaban J connectivity index is 3.68. The Morgan fingerprint density at radius 1 is 1.54 bits per heavy atom. The van der Waals surface area contributed by atoms with Gasteiger partial charge in [0, 0.05) is 6.61 Å². The molecule has 1 N–H and O–H groups in total. The van der Waals surface area contributed by atoms with E-state index in [1.54, 1.807) is 13.0 Å². The van der Waals surface area contributed by atoms with Crippen LogP contribution in [0.5, 0.6) is 0 Å². The SMILES string of the molecule is C=C/C(=C\C)C(=O)OCCCCO. The minimum absolute atomic E-state index is 0.134. The third kappa shape index (κ3) is 5.20. The highest BCUT2D eigenvalue weighted by molar-refractivity contribution is 5.91. The first-order valence-corrected chi connectivity index (χ1v) is 4.33. The van der Waals surface area contributed by atoms with Crippen molar-refractivity contribution in [3.63, 3.8) is 0 Å². The number of esters is 1. The lowest BCUT2D eigenvalue weighted by Gasteiger charge is -2.03.